The number of aromatic nitrogens is 2. The molecule has 2 aromatic carbocycles. The van der Waals surface area contributed by atoms with Crippen molar-refractivity contribution in [1.29, 1.82) is 0 Å². The number of anilines is 5. The summed E-state index contributed by atoms with van der Waals surface area (Å²) in [7, 11) is 0. The molecule has 9 heteroatoms. The van der Waals surface area contributed by atoms with Crippen LogP contribution in [-0.2, 0) is 9.59 Å². The molecule has 8 nitrogen and oxygen atoms in total. The molecule has 1 aliphatic rings. The second-order valence-electron chi connectivity index (χ2n) is 8.44. The van der Waals surface area contributed by atoms with Crippen molar-refractivity contribution in [1.82, 2.24) is 9.97 Å². The van der Waals surface area contributed by atoms with Crippen LogP contribution in [-0.4, -0.2) is 41.4 Å². The Kier molecular flexibility index (Phi) is 7.65. The monoisotopic (exact) mass is 536 g/mol. The van der Waals surface area contributed by atoms with Crippen LogP contribution in [0.3, 0.4) is 0 Å². The summed E-state index contributed by atoms with van der Waals surface area (Å²) < 4.78 is 0.893. The molecule has 182 valence electrons. The largest absolute Gasteiger partial charge is 0.357 e. The van der Waals surface area contributed by atoms with Gasteiger partial charge in [0.15, 0.2) is 0 Å². The molecule has 1 aromatic heterocycles. The van der Waals surface area contributed by atoms with Gasteiger partial charge in [-0.1, -0.05) is 22.0 Å². The number of rotatable bonds is 8. The van der Waals surface area contributed by atoms with Crippen molar-refractivity contribution in [2.75, 3.05) is 40.1 Å². The zero-order chi connectivity index (χ0) is 24.9. The third-order valence-corrected chi connectivity index (χ3v) is 6.45. The number of nitrogens with one attached hydrogen (secondary N) is 2. The summed E-state index contributed by atoms with van der Waals surface area (Å²) in [5.41, 5.74) is 3.16. The predicted octanol–water partition coefficient (Wildman–Crippen LogP) is 5.13. The average Bonchev–Trinajstić information content (AvgIpc) is 3.23. The van der Waals surface area contributed by atoms with Crippen LogP contribution in [0.1, 0.15) is 26.0 Å². The molecular weight excluding hydrogens is 508 g/mol. The second-order valence-corrected chi connectivity index (χ2v) is 9.36. The summed E-state index contributed by atoms with van der Waals surface area (Å²) in [4.78, 5) is 38.3. The molecule has 1 aliphatic heterocycles. The van der Waals surface area contributed by atoms with E-state index in [4.69, 9.17) is 0 Å². The first-order valence-electron chi connectivity index (χ1n) is 11.7. The number of aryl methyl sites for hydroxylation is 1. The van der Waals surface area contributed by atoms with Crippen molar-refractivity contribution >= 4 is 56.6 Å². The highest BCUT2D eigenvalue weighted by Gasteiger charge is 2.35. The highest BCUT2D eigenvalue weighted by molar-refractivity contribution is 9.10. The lowest BCUT2D eigenvalue weighted by Crippen LogP contribution is -2.28. The van der Waals surface area contributed by atoms with Gasteiger partial charge in [0, 0.05) is 59.4 Å². The number of hydrogen-bond acceptors (Lipinski definition) is 6. The van der Waals surface area contributed by atoms with Gasteiger partial charge in [0.1, 0.15) is 5.82 Å². The van der Waals surface area contributed by atoms with E-state index in [1.165, 1.54) is 0 Å². The minimum absolute atomic E-state index is 0.0509. The molecule has 35 heavy (non-hydrogen) atoms. The SMILES string of the molecule is CCN(CC)c1cc(C)nc(Nc2ccc(NC(=O)[C@H]3CC(=O)N(c4cccc(Br)c4)C3)cc2)n1. The summed E-state index contributed by atoms with van der Waals surface area (Å²) in [6.07, 6.45) is 0.192. The zero-order valence-corrected chi connectivity index (χ0v) is 21.7. The fourth-order valence-electron chi connectivity index (χ4n) is 4.10. The third-order valence-electron chi connectivity index (χ3n) is 5.95. The van der Waals surface area contributed by atoms with Gasteiger partial charge in [-0.25, -0.2) is 4.98 Å². The molecule has 0 spiro atoms. The first-order chi connectivity index (χ1) is 16.9. The van der Waals surface area contributed by atoms with Gasteiger partial charge in [0.25, 0.3) is 0 Å². The standard InChI is InChI=1S/C26H29BrN6O2/c1-4-32(5-2)23-13-17(3)28-26(31-23)30-21-11-9-20(10-12-21)29-25(35)18-14-24(34)33(16-18)22-8-6-7-19(27)15-22/h6-13,15,18H,4-5,14,16H2,1-3H3,(H,29,35)(H,28,30,31)/t18-/m0/s1. The van der Waals surface area contributed by atoms with Gasteiger partial charge < -0.3 is 20.4 Å². The fraction of sp³-hybridized carbons (Fsp3) is 0.308. The maximum Gasteiger partial charge on any atom is 0.229 e. The molecule has 1 saturated heterocycles. The molecule has 0 radical (unpaired) electrons. The molecule has 0 aliphatic carbocycles. The van der Waals surface area contributed by atoms with Gasteiger partial charge in [-0.15, -0.1) is 0 Å². The number of amides is 2. The molecule has 0 unspecified atom stereocenters. The van der Waals surface area contributed by atoms with E-state index in [0.29, 0.717) is 18.2 Å². The number of benzene rings is 2. The van der Waals surface area contributed by atoms with E-state index < -0.39 is 5.92 Å². The molecule has 3 aromatic rings. The average molecular weight is 537 g/mol. The molecule has 2 heterocycles. The Morgan fingerprint density at radius 1 is 1.09 bits per heavy atom. The molecule has 2 amide bonds. The van der Waals surface area contributed by atoms with E-state index in [1.54, 1.807) is 4.90 Å². The van der Waals surface area contributed by atoms with E-state index in [0.717, 1.165) is 40.4 Å². The number of halogens is 1. The minimum Gasteiger partial charge on any atom is -0.357 e. The van der Waals surface area contributed by atoms with Crippen LogP contribution in [0.5, 0.6) is 0 Å². The number of carbonyl (C=O) groups is 2. The second kappa shape index (κ2) is 10.9. The first-order valence-corrected chi connectivity index (χ1v) is 12.5. The van der Waals surface area contributed by atoms with Crippen LogP contribution >= 0.6 is 15.9 Å². The van der Waals surface area contributed by atoms with Crippen LogP contribution < -0.4 is 20.4 Å². The fourth-order valence-corrected chi connectivity index (χ4v) is 4.49. The van der Waals surface area contributed by atoms with E-state index in [9.17, 15) is 9.59 Å². The number of nitrogens with zero attached hydrogens (tertiary/aromatic N) is 4. The Hall–Kier alpha value is -3.46. The first kappa shape index (κ1) is 24.7. The Balaban J connectivity index is 1.38. The highest BCUT2D eigenvalue weighted by Crippen LogP contribution is 2.28. The lowest BCUT2D eigenvalue weighted by Gasteiger charge is -2.20. The summed E-state index contributed by atoms with van der Waals surface area (Å²) in [5.74, 6) is 0.795. The van der Waals surface area contributed by atoms with Crippen molar-refractivity contribution < 1.29 is 9.59 Å². The molecule has 0 bridgehead atoms. The summed E-state index contributed by atoms with van der Waals surface area (Å²) in [6.45, 7) is 8.24. The quantitative estimate of drug-likeness (QED) is 0.414. The molecule has 4 rings (SSSR count). The van der Waals surface area contributed by atoms with Crippen LogP contribution in [0.4, 0.5) is 28.8 Å². The maximum absolute atomic E-state index is 12.8. The zero-order valence-electron chi connectivity index (χ0n) is 20.1. The van der Waals surface area contributed by atoms with Gasteiger partial charge in [0.05, 0.1) is 5.92 Å². The smallest absolute Gasteiger partial charge is 0.229 e. The lowest BCUT2D eigenvalue weighted by atomic mass is 10.1. The van der Waals surface area contributed by atoms with E-state index in [1.807, 2.05) is 61.5 Å². The van der Waals surface area contributed by atoms with Gasteiger partial charge in [0.2, 0.25) is 17.8 Å². The van der Waals surface area contributed by atoms with E-state index in [-0.39, 0.29) is 18.2 Å². The van der Waals surface area contributed by atoms with Crippen LogP contribution in [0.15, 0.2) is 59.1 Å². The summed E-state index contributed by atoms with van der Waals surface area (Å²) in [5, 5.41) is 6.18. The summed E-state index contributed by atoms with van der Waals surface area (Å²) in [6, 6.07) is 16.9. The lowest BCUT2D eigenvalue weighted by molar-refractivity contribution is -0.122. The van der Waals surface area contributed by atoms with Crippen LogP contribution in [0, 0.1) is 12.8 Å². The van der Waals surface area contributed by atoms with Crippen molar-refractivity contribution in [3.63, 3.8) is 0 Å². The number of hydrogen-bond donors (Lipinski definition) is 2. The molecule has 2 N–H and O–H groups in total. The van der Waals surface area contributed by atoms with Crippen LogP contribution in [0.2, 0.25) is 0 Å². The molecule has 0 saturated carbocycles. The molecule has 1 atom stereocenters. The Labute approximate surface area is 213 Å². The summed E-state index contributed by atoms with van der Waals surface area (Å²) >= 11 is 3.43. The normalized spacial score (nSPS) is 15.3. The third kappa shape index (κ3) is 5.97. The van der Waals surface area contributed by atoms with Crippen molar-refractivity contribution in [3.05, 3.63) is 64.8 Å². The molecule has 1 fully saturated rings. The van der Waals surface area contributed by atoms with Crippen molar-refractivity contribution in [2.45, 2.75) is 27.2 Å². The van der Waals surface area contributed by atoms with Crippen molar-refractivity contribution in [3.8, 4) is 0 Å². The van der Waals surface area contributed by atoms with E-state index in [2.05, 4.69) is 55.3 Å². The number of carbonyl (C=O) groups excluding carboxylic acids is 2. The Morgan fingerprint density at radius 3 is 2.49 bits per heavy atom. The Bertz CT molecular complexity index is 1210. The predicted molar refractivity (Wildman–Crippen MR) is 143 cm³/mol. The topological polar surface area (TPSA) is 90.5 Å². The van der Waals surface area contributed by atoms with Crippen LogP contribution in [0.25, 0.3) is 0 Å². The Morgan fingerprint density at radius 2 is 1.80 bits per heavy atom. The molecular formula is C26H29BrN6O2. The van der Waals surface area contributed by atoms with Gasteiger partial charge >= 0.3 is 0 Å². The van der Waals surface area contributed by atoms with Crippen molar-refractivity contribution in [2.24, 2.45) is 5.92 Å². The van der Waals surface area contributed by atoms with Gasteiger partial charge in [-0.05, 0) is 63.2 Å². The van der Waals surface area contributed by atoms with Gasteiger partial charge in [-0.3, -0.25) is 9.59 Å². The minimum atomic E-state index is -0.404. The maximum atomic E-state index is 12.8. The van der Waals surface area contributed by atoms with Gasteiger partial charge in [-0.2, -0.15) is 4.98 Å². The van der Waals surface area contributed by atoms with E-state index >= 15 is 0 Å². The highest BCUT2D eigenvalue weighted by atomic mass is 79.9.